The Morgan fingerprint density at radius 3 is 1.41 bits per heavy atom. The monoisotopic (exact) mass is 1170 g/mol. The van der Waals surface area contributed by atoms with Gasteiger partial charge in [0.1, 0.15) is 11.2 Å². The van der Waals surface area contributed by atoms with Crippen molar-refractivity contribution in [3.63, 3.8) is 0 Å². The molecule has 18 heteroatoms. The molecule has 12 nitrogen and oxygen atoms in total. The topological polar surface area (TPSA) is 143 Å². The largest absolute Gasteiger partial charge is 1.00 e. The molecule has 2 aliphatic rings. The van der Waals surface area contributed by atoms with Crippen LogP contribution in [0.15, 0.2) is 118 Å². The van der Waals surface area contributed by atoms with Gasteiger partial charge in [-0.3, -0.25) is 0 Å². The van der Waals surface area contributed by atoms with Crippen molar-refractivity contribution in [1.29, 1.82) is 0 Å². The first-order valence-corrected chi connectivity index (χ1v) is 28.2. The average Bonchev–Trinajstić information content (AvgIpc) is 3.26. The van der Waals surface area contributed by atoms with Crippen molar-refractivity contribution >= 4 is 86.7 Å². The van der Waals surface area contributed by atoms with Crippen LogP contribution in [-0.4, -0.2) is 93.8 Å². The molecule has 0 aromatic heterocycles. The Labute approximate surface area is 434 Å². The van der Waals surface area contributed by atoms with E-state index in [1.165, 1.54) is 10.6 Å². The zero-order valence-corrected chi connectivity index (χ0v) is 46.6. The summed E-state index contributed by atoms with van der Waals surface area (Å²) < 4.78 is 64.2. The normalized spacial score (nSPS) is 19.7. The van der Waals surface area contributed by atoms with Gasteiger partial charge in [-0.2, -0.15) is 0 Å². The molecule has 0 unspecified atom stereocenters. The number of rotatable bonds is 16. The Morgan fingerprint density at radius 2 is 1.06 bits per heavy atom. The molecule has 2 saturated heterocycles. The van der Waals surface area contributed by atoms with E-state index in [-0.39, 0.29) is 55.3 Å². The van der Waals surface area contributed by atoms with Crippen molar-refractivity contribution in [2.24, 2.45) is 0 Å². The molecule has 346 valence electrons. The van der Waals surface area contributed by atoms with E-state index in [9.17, 15) is 26.4 Å². The molecule has 4 atom stereocenters. The van der Waals surface area contributed by atoms with Crippen LogP contribution in [0, 0.1) is 0 Å². The Bertz CT molecular complexity index is 2310. The summed E-state index contributed by atoms with van der Waals surface area (Å²) in [4.78, 5) is 31.6. The zero-order valence-electron chi connectivity index (χ0n) is 38.7. The van der Waals surface area contributed by atoms with Gasteiger partial charge in [0.2, 0.25) is 20.0 Å². The number of amides is 2. The number of sulfonamides is 2. The molecular formula is C46H60Br2IN4NaO8S2. The summed E-state index contributed by atoms with van der Waals surface area (Å²) in [5.41, 5.74) is 2.46. The fourth-order valence-corrected chi connectivity index (χ4v) is 9.30. The molecular weight excluding hydrogens is 1110 g/mol. The average molecular weight is 1170 g/mol. The third kappa shape index (κ3) is 16.0. The predicted octanol–water partition coefficient (Wildman–Crippen LogP) is 7.66. The van der Waals surface area contributed by atoms with E-state index in [0.717, 1.165) is 37.5 Å². The minimum atomic E-state index is -3.25. The predicted molar refractivity (Wildman–Crippen MR) is 267 cm³/mol. The van der Waals surface area contributed by atoms with Crippen LogP contribution >= 0.6 is 54.5 Å². The summed E-state index contributed by atoms with van der Waals surface area (Å²) >= 11 is 9.03. The van der Waals surface area contributed by atoms with Crippen LogP contribution in [0.5, 0.6) is 0 Å². The molecule has 2 heterocycles. The van der Waals surface area contributed by atoms with Gasteiger partial charge in [-0.25, -0.2) is 35.5 Å². The van der Waals surface area contributed by atoms with Crippen LogP contribution in [0.2, 0.25) is 0 Å². The molecule has 0 saturated carbocycles. The van der Waals surface area contributed by atoms with Crippen molar-refractivity contribution < 1.29 is 66.9 Å². The van der Waals surface area contributed by atoms with E-state index >= 15 is 0 Å². The SMILES string of the molecule is CI.C[C@@H](c1ccc(Br)cc1)N1CC[C@](CCCN(C)S(C)(=O)=O)(c2ccccc2)OC1=O.C[C@@H](c1ccc(Br)cc1)N1CC[C@](CCCNS(C)(=O)=O)(c2ccccc2)OC1=O.[H-].[Na+]. The fourth-order valence-electron chi connectivity index (χ4n) is 7.80. The maximum Gasteiger partial charge on any atom is 1.00 e. The molecule has 1 N–H and O–H groups in total. The third-order valence-electron chi connectivity index (χ3n) is 11.5. The van der Waals surface area contributed by atoms with E-state index in [1.54, 1.807) is 16.8 Å². The molecule has 0 bridgehead atoms. The summed E-state index contributed by atoms with van der Waals surface area (Å²) in [6.07, 6.45) is 5.19. The van der Waals surface area contributed by atoms with Gasteiger partial charge >= 0.3 is 41.7 Å². The molecule has 6 rings (SSSR count). The number of halogens is 3. The van der Waals surface area contributed by atoms with E-state index in [4.69, 9.17) is 9.47 Å². The second-order valence-electron chi connectivity index (χ2n) is 15.8. The van der Waals surface area contributed by atoms with Crippen molar-refractivity contribution in [3.05, 3.63) is 140 Å². The second-order valence-corrected chi connectivity index (χ2v) is 21.5. The second kappa shape index (κ2) is 25.9. The Kier molecular flexibility index (Phi) is 22.8. The van der Waals surface area contributed by atoms with Crippen LogP contribution in [0.1, 0.15) is 88.1 Å². The summed E-state index contributed by atoms with van der Waals surface area (Å²) in [6.45, 7) is 5.81. The molecule has 2 fully saturated rings. The summed E-state index contributed by atoms with van der Waals surface area (Å²) in [5.74, 6) is 0. The molecule has 4 aromatic carbocycles. The Hall–Kier alpha value is -2.07. The van der Waals surface area contributed by atoms with Crippen LogP contribution in [0.3, 0.4) is 0 Å². The van der Waals surface area contributed by atoms with E-state index < -0.39 is 31.2 Å². The smallest absolute Gasteiger partial charge is 1.00 e. The first-order chi connectivity index (χ1) is 29.8. The van der Waals surface area contributed by atoms with Gasteiger partial charge in [0.25, 0.3) is 0 Å². The Morgan fingerprint density at radius 1 is 0.688 bits per heavy atom. The molecule has 0 radical (unpaired) electrons. The van der Waals surface area contributed by atoms with Crippen LogP contribution in [0.4, 0.5) is 9.59 Å². The zero-order chi connectivity index (χ0) is 46.4. The minimum absolute atomic E-state index is 0. The maximum absolute atomic E-state index is 13.1. The fraction of sp³-hybridized carbons (Fsp3) is 0.435. The van der Waals surface area contributed by atoms with Crippen LogP contribution < -0.4 is 34.3 Å². The van der Waals surface area contributed by atoms with Crippen molar-refractivity contribution in [2.45, 2.75) is 75.7 Å². The standard InChI is InChI=1S/C23H29BrN2O4S.C22H27BrN2O4S.CH3I.Na.H/c1-18(19-10-12-21(24)13-11-19)26-17-15-23(30-22(26)27,20-8-5-4-6-9-20)14-7-16-25(2)31(3,28)29;1-17(18-9-11-20(23)12-10-18)25-16-14-22(29-21(25)26,19-7-4-3-5-8-19)13-6-15-24-30(2,27)28;1-2;;/h4-6,8-13,18H,7,14-17H2,1-3H3;3-5,7-12,17,24H,6,13-16H2,1-2H3;1H3;;/q;;;+1;-1/t18-,23+;17-,22+;;;/m00.../s1. The molecule has 2 aliphatic heterocycles. The molecule has 4 aromatic rings. The molecule has 0 aliphatic carbocycles. The molecule has 0 spiro atoms. The van der Waals surface area contributed by atoms with Gasteiger partial charge in [0.05, 0.1) is 24.6 Å². The first-order valence-electron chi connectivity index (χ1n) is 20.7. The maximum atomic E-state index is 13.1. The number of carbonyl (C=O) groups is 2. The first kappa shape index (κ1) is 56.3. The van der Waals surface area contributed by atoms with Gasteiger partial charge < -0.3 is 20.7 Å². The summed E-state index contributed by atoms with van der Waals surface area (Å²) in [5, 5.41) is 0. The van der Waals surface area contributed by atoms with Crippen molar-refractivity contribution in [3.8, 4) is 0 Å². The van der Waals surface area contributed by atoms with Crippen molar-refractivity contribution in [1.82, 2.24) is 18.8 Å². The third-order valence-corrected chi connectivity index (χ3v) is 14.6. The van der Waals surface area contributed by atoms with Gasteiger partial charge in [0, 0.05) is 55.0 Å². The van der Waals surface area contributed by atoms with Crippen molar-refractivity contribution in [2.75, 3.05) is 50.7 Å². The molecule has 2 amide bonds. The number of hydrogen-bond acceptors (Lipinski definition) is 8. The van der Waals surface area contributed by atoms with E-state index in [2.05, 4.69) is 59.2 Å². The van der Waals surface area contributed by atoms with E-state index in [0.29, 0.717) is 64.7 Å². The van der Waals surface area contributed by atoms with Gasteiger partial charge in [0.15, 0.2) is 0 Å². The van der Waals surface area contributed by atoms with Crippen LogP contribution in [0.25, 0.3) is 0 Å². The number of benzene rings is 4. The number of carbonyl (C=O) groups excluding carboxylic acids is 2. The summed E-state index contributed by atoms with van der Waals surface area (Å²) in [7, 11) is -4.92. The number of cyclic esters (lactones) is 2. The van der Waals surface area contributed by atoms with Gasteiger partial charge in [-0.15, -0.1) is 0 Å². The minimum Gasteiger partial charge on any atom is -1.00 e. The van der Waals surface area contributed by atoms with Gasteiger partial charge in [-0.05, 0) is 91.0 Å². The Balaban J connectivity index is 0.000000418. The summed E-state index contributed by atoms with van der Waals surface area (Å²) in [6, 6.07) is 35.1. The number of nitrogens with zero attached hydrogens (tertiary/aromatic N) is 3. The number of nitrogens with one attached hydrogen (secondary N) is 1. The van der Waals surface area contributed by atoms with Crippen LogP contribution in [-0.2, 0) is 40.7 Å². The number of hydrogen-bond donors (Lipinski definition) is 1. The number of ether oxygens (including phenoxy) is 2. The number of alkyl halides is 1. The van der Waals surface area contributed by atoms with Gasteiger partial charge in [-0.1, -0.05) is 139 Å². The molecule has 64 heavy (non-hydrogen) atoms. The quantitative estimate of drug-likeness (QED) is 0.0522. The van der Waals surface area contributed by atoms with E-state index in [1.807, 2.05) is 128 Å².